The predicted molar refractivity (Wildman–Crippen MR) is 115 cm³/mol. The summed E-state index contributed by atoms with van der Waals surface area (Å²) in [5.41, 5.74) is 3.72. The Balaban J connectivity index is 1.45. The highest BCUT2D eigenvalue weighted by atomic mass is 16.5. The van der Waals surface area contributed by atoms with E-state index < -0.39 is 0 Å². The van der Waals surface area contributed by atoms with E-state index in [9.17, 15) is 9.59 Å². The van der Waals surface area contributed by atoms with Crippen LogP contribution in [0.25, 0.3) is 0 Å². The average Bonchev–Trinajstić information content (AvgIpc) is 2.73. The van der Waals surface area contributed by atoms with Crippen LogP contribution in [-0.4, -0.2) is 56.1 Å². The van der Waals surface area contributed by atoms with E-state index in [0.717, 1.165) is 32.6 Å². The van der Waals surface area contributed by atoms with Crippen molar-refractivity contribution >= 4 is 23.3 Å². The van der Waals surface area contributed by atoms with Gasteiger partial charge in [-0.2, -0.15) is 0 Å². The van der Waals surface area contributed by atoms with Crippen molar-refractivity contribution in [3.8, 4) is 0 Å². The second-order valence-electron chi connectivity index (χ2n) is 7.31. The van der Waals surface area contributed by atoms with Gasteiger partial charge in [0.2, 0.25) is 5.91 Å². The Morgan fingerprint density at radius 2 is 1.69 bits per heavy atom. The van der Waals surface area contributed by atoms with Gasteiger partial charge in [0, 0.05) is 37.6 Å². The zero-order valence-electron chi connectivity index (χ0n) is 17.2. The molecule has 0 spiro atoms. The quantitative estimate of drug-likeness (QED) is 0.729. The number of ether oxygens (including phenoxy) is 1. The molecule has 29 heavy (non-hydrogen) atoms. The van der Waals surface area contributed by atoms with Crippen LogP contribution in [0.5, 0.6) is 0 Å². The van der Waals surface area contributed by atoms with E-state index in [1.54, 1.807) is 24.3 Å². The third kappa shape index (κ3) is 5.81. The Morgan fingerprint density at radius 3 is 2.34 bits per heavy atom. The third-order valence-electron chi connectivity index (χ3n) is 5.04. The van der Waals surface area contributed by atoms with Gasteiger partial charge >= 0.3 is 5.97 Å². The van der Waals surface area contributed by atoms with E-state index in [1.807, 2.05) is 6.92 Å². The van der Waals surface area contributed by atoms with Crippen LogP contribution in [0, 0.1) is 6.92 Å². The van der Waals surface area contributed by atoms with Crippen LogP contribution in [0.4, 0.5) is 11.4 Å². The zero-order valence-corrected chi connectivity index (χ0v) is 17.2. The van der Waals surface area contributed by atoms with Crippen molar-refractivity contribution in [1.82, 2.24) is 4.90 Å². The minimum atomic E-state index is -0.337. The van der Waals surface area contributed by atoms with Crippen molar-refractivity contribution < 1.29 is 14.3 Å². The molecule has 3 rings (SSSR count). The van der Waals surface area contributed by atoms with Gasteiger partial charge in [-0.3, -0.25) is 9.69 Å². The lowest BCUT2D eigenvalue weighted by Gasteiger charge is -2.36. The number of esters is 1. The number of piperazine rings is 1. The molecule has 6 nitrogen and oxygen atoms in total. The SMILES string of the molecule is CCCOC(=O)c1ccc(NC(=O)CN2CCN(c3ccccc3C)CC2)cc1. The van der Waals surface area contributed by atoms with Crippen molar-refractivity contribution in [2.75, 3.05) is 49.5 Å². The minimum absolute atomic E-state index is 0.0457. The number of carbonyl (C=O) groups excluding carboxylic acids is 2. The number of benzene rings is 2. The molecule has 0 bridgehead atoms. The number of amides is 1. The molecule has 1 aliphatic heterocycles. The number of anilines is 2. The maximum Gasteiger partial charge on any atom is 0.338 e. The summed E-state index contributed by atoms with van der Waals surface area (Å²) in [6.45, 7) is 8.38. The summed E-state index contributed by atoms with van der Waals surface area (Å²) in [5, 5.41) is 2.90. The summed E-state index contributed by atoms with van der Waals surface area (Å²) < 4.78 is 5.11. The lowest BCUT2D eigenvalue weighted by Crippen LogP contribution is -2.48. The van der Waals surface area contributed by atoms with Crippen LogP contribution in [0.1, 0.15) is 29.3 Å². The van der Waals surface area contributed by atoms with Crippen molar-refractivity contribution in [2.24, 2.45) is 0 Å². The number of hydrogen-bond acceptors (Lipinski definition) is 5. The normalized spacial score (nSPS) is 14.5. The maximum absolute atomic E-state index is 12.4. The number of nitrogens with one attached hydrogen (secondary N) is 1. The predicted octanol–water partition coefficient (Wildman–Crippen LogP) is 3.32. The van der Waals surface area contributed by atoms with Crippen LogP contribution in [0.15, 0.2) is 48.5 Å². The molecule has 0 aromatic heterocycles. The molecule has 154 valence electrons. The molecule has 1 heterocycles. The molecule has 1 saturated heterocycles. The Kier molecular flexibility index (Phi) is 7.25. The second-order valence-corrected chi connectivity index (χ2v) is 7.31. The molecule has 0 radical (unpaired) electrons. The smallest absolute Gasteiger partial charge is 0.338 e. The summed E-state index contributed by atoms with van der Waals surface area (Å²) in [4.78, 5) is 28.8. The molecule has 1 fully saturated rings. The fourth-order valence-electron chi connectivity index (χ4n) is 3.44. The Hall–Kier alpha value is -2.86. The van der Waals surface area contributed by atoms with Crippen LogP contribution >= 0.6 is 0 Å². The van der Waals surface area contributed by atoms with Crippen LogP contribution in [0.3, 0.4) is 0 Å². The van der Waals surface area contributed by atoms with Gasteiger partial charge in [-0.15, -0.1) is 0 Å². The zero-order chi connectivity index (χ0) is 20.6. The fourth-order valence-corrected chi connectivity index (χ4v) is 3.44. The first-order valence-electron chi connectivity index (χ1n) is 10.2. The van der Waals surface area contributed by atoms with E-state index in [4.69, 9.17) is 4.74 Å². The van der Waals surface area contributed by atoms with Crippen LogP contribution < -0.4 is 10.2 Å². The fraction of sp³-hybridized carbons (Fsp3) is 0.391. The number of hydrogen-bond donors (Lipinski definition) is 1. The monoisotopic (exact) mass is 395 g/mol. The number of rotatable bonds is 7. The van der Waals surface area contributed by atoms with Gasteiger partial charge in [-0.25, -0.2) is 4.79 Å². The summed E-state index contributed by atoms with van der Waals surface area (Å²) in [7, 11) is 0. The molecule has 0 aliphatic carbocycles. The Morgan fingerprint density at radius 1 is 1.00 bits per heavy atom. The van der Waals surface area contributed by atoms with Gasteiger partial charge < -0.3 is 15.0 Å². The first-order valence-corrected chi connectivity index (χ1v) is 10.2. The van der Waals surface area contributed by atoms with Crippen molar-refractivity contribution in [1.29, 1.82) is 0 Å². The van der Waals surface area contributed by atoms with E-state index in [-0.39, 0.29) is 11.9 Å². The lowest BCUT2D eigenvalue weighted by atomic mass is 10.1. The van der Waals surface area contributed by atoms with Gasteiger partial charge in [0.25, 0.3) is 0 Å². The summed E-state index contributed by atoms with van der Waals surface area (Å²) in [5.74, 6) is -0.382. The third-order valence-corrected chi connectivity index (χ3v) is 5.04. The summed E-state index contributed by atoms with van der Waals surface area (Å²) in [6, 6.07) is 15.2. The van der Waals surface area contributed by atoms with Gasteiger partial charge in [0.1, 0.15) is 0 Å². The standard InChI is InChI=1S/C23H29N3O3/c1-3-16-29-23(28)19-8-10-20(11-9-19)24-22(27)17-25-12-14-26(15-13-25)21-7-5-4-6-18(21)2/h4-11H,3,12-17H2,1-2H3,(H,24,27). The highest BCUT2D eigenvalue weighted by Gasteiger charge is 2.20. The summed E-state index contributed by atoms with van der Waals surface area (Å²) in [6.07, 6.45) is 0.791. The van der Waals surface area contributed by atoms with Crippen molar-refractivity contribution in [3.05, 3.63) is 59.7 Å². The van der Waals surface area contributed by atoms with E-state index in [0.29, 0.717) is 24.4 Å². The highest BCUT2D eigenvalue weighted by Crippen LogP contribution is 2.20. The first-order chi connectivity index (χ1) is 14.1. The van der Waals surface area contributed by atoms with Gasteiger partial charge in [0.05, 0.1) is 18.7 Å². The molecule has 6 heteroatoms. The van der Waals surface area contributed by atoms with Crippen molar-refractivity contribution in [3.63, 3.8) is 0 Å². The number of carbonyl (C=O) groups is 2. The highest BCUT2D eigenvalue weighted by molar-refractivity contribution is 5.94. The van der Waals surface area contributed by atoms with Crippen molar-refractivity contribution in [2.45, 2.75) is 20.3 Å². The molecular weight excluding hydrogens is 366 g/mol. The Bertz CT molecular complexity index is 828. The van der Waals surface area contributed by atoms with Gasteiger partial charge in [0.15, 0.2) is 0 Å². The largest absolute Gasteiger partial charge is 0.462 e. The maximum atomic E-state index is 12.4. The lowest BCUT2D eigenvalue weighted by molar-refractivity contribution is -0.117. The van der Waals surface area contributed by atoms with Crippen LogP contribution in [0.2, 0.25) is 0 Å². The second kappa shape index (κ2) is 10.1. The van der Waals surface area contributed by atoms with Gasteiger partial charge in [-0.1, -0.05) is 25.1 Å². The van der Waals surface area contributed by atoms with E-state index >= 15 is 0 Å². The van der Waals surface area contributed by atoms with Crippen LogP contribution in [-0.2, 0) is 9.53 Å². The molecule has 1 N–H and O–H groups in total. The first kappa shape index (κ1) is 20.9. The number of aryl methyl sites for hydroxylation is 1. The topological polar surface area (TPSA) is 61.9 Å². The molecule has 2 aromatic rings. The van der Waals surface area contributed by atoms with E-state index in [2.05, 4.69) is 46.3 Å². The molecular formula is C23H29N3O3. The van der Waals surface area contributed by atoms with Gasteiger partial charge in [-0.05, 0) is 49.2 Å². The number of nitrogens with zero attached hydrogens (tertiary/aromatic N) is 2. The Labute approximate surface area is 172 Å². The number of para-hydroxylation sites is 1. The molecule has 1 amide bonds. The average molecular weight is 396 g/mol. The molecule has 1 aliphatic rings. The molecule has 0 unspecified atom stereocenters. The van der Waals surface area contributed by atoms with E-state index in [1.165, 1.54) is 11.3 Å². The molecule has 2 aromatic carbocycles. The summed E-state index contributed by atoms with van der Waals surface area (Å²) >= 11 is 0. The molecule has 0 atom stereocenters. The molecule has 0 saturated carbocycles. The minimum Gasteiger partial charge on any atom is -0.462 e.